The lowest BCUT2D eigenvalue weighted by molar-refractivity contribution is -0.129. The number of carbonyl (C=O) groups is 2. The van der Waals surface area contributed by atoms with Crippen LogP contribution in [0.2, 0.25) is 0 Å². The number of methoxy groups -OCH3 is 2. The highest BCUT2D eigenvalue weighted by atomic mass is 16.5. The maximum atomic E-state index is 13.2. The van der Waals surface area contributed by atoms with Crippen molar-refractivity contribution >= 4 is 17.8 Å². The van der Waals surface area contributed by atoms with E-state index in [0.717, 1.165) is 12.1 Å². The number of amides is 1. The van der Waals surface area contributed by atoms with Crippen molar-refractivity contribution in [1.29, 1.82) is 0 Å². The maximum Gasteiger partial charge on any atom is 0.290 e. The third kappa shape index (κ3) is 5.43. The van der Waals surface area contributed by atoms with Crippen LogP contribution in [0.3, 0.4) is 0 Å². The number of allylic oxidation sites excluding steroid dienone is 1. The van der Waals surface area contributed by atoms with Crippen LogP contribution in [0.5, 0.6) is 11.5 Å². The van der Waals surface area contributed by atoms with Gasteiger partial charge in [-0.15, -0.1) is 0 Å². The zero-order valence-corrected chi connectivity index (χ0v) is 19.4. The second-order valence-corrected chi connectivity index (χ2v) is 8.04. The molecule has 7 nitrogen and oxygen atoms in total. The van der Waals surface area contributed by atoms with Gasteiger partial charge in [0.15, 0.2) is 23.0 Å². The standard InChI is InChI=1S/C26H30N2O5/c1-27(2)15-8-16-28-24(19-12-14-21(32-3)22(17-19)33-4)23(25(30)26(28)31)20(29)13-11-18-9-6-5-7-10-18/h5-7,9-14,17,24,30H,8,15-16H2,1-4H3/b13-11+. The molecular formula is C26H30N2O5. The molecule has 0 spiro atoms. The number of ketones is 1. The van der Waals surface area contributed by atoms with Crippen LogP contribution in [0.15, 0.2) is 65.9 Å². The normalized spacial score (nSPS) is 16.2. The Labute approximate surface area is 194 Å². The third-order valence-electron chi connectivity index (χ3n) is 5.52. The molecule has 0 fully saturated rings. The topological polar surface area (TPSA) is 79.3 Å². The van der Waals surface area contributed by atoms with E-state index in [1.54, 1.807) is 36.3 Å². The third-order valence-corrected chi connectivity index (χ3v) is 5.52. The Hall–Kier alpha value is -3.58. The first kappa shape index (κ1) is 24.1. The minimum atomic E-state index is -0.729. The number of aliphatic hydroxyl groups excluding tert-OH is 1. The van der Waals surface area contributed by atoms with Crippen LogP contribution in [0.25, 0.3) is 6.08 Å². The minimum Gasteiger partial charge on any atom is -0.503 e. The number of hydrogen-bond donors (Lipinski definition) is 1. The van der Waals surface area contributed by atoms with Crippen molar-refractivity contribution in [1.82, 2.24) is 9.80 Å². The largest absolute Gasteiger partial charge is 0.503 e. The van der Waals surface area contributed by atoms with Crippen molar-refractivity contribution in [2.75, 3.05) is 41.4 Å². The summed E-state index contributed by atoms with van der Waals surface area (Å²) in [6.07, 6.45) is 3.76. The van der Waals surface area contributed by atoms with E-state index >= 15 is 0 Å². The number of carbonyl (C=O) groups excluding carboxylic acids is 2. The van der Waals surface area contributed by atoms with Crippen molar-refractivity contribution in [3.05, 3.63) is 77.1 Å². The molecule has 1 atom stereocenters. The van der Waals surface area contributed by atoms with Gasteiger partial charge in [0.25, 0.3) is 5.91 Å². The number of nitrogens with zero attached hydrogens (tertiary/aromatic N) is 2. The van der Waals surface area contributed by atoms with Gasteiger partial charge in [0, 0.05) is 6.54 Å². The highest BCUT2D eigenvalue weighted by molar-refractivity contribution is 6.14. The summed E-state index contributed by atoms with van der Waals surface area (Å²) >= 11 is 0. The predicted octanol–water partition coefficient (Wildman–Crippen LogP) is 3.63. The molecule has 174 valence electrons. The molecule has 1 unspecified atom stereocenters. The monoisotopic (exact) mass is 450 g/mol. The van der Waals surface area contributed by atoms with Crippen molar-refractivity contribution in [3.8, 4) is 11.5 Å². The van der Waals surface area contributed by atoms with Gasteiger partial charge in [-0.1, -0.05) is 42.5 Å². The Balaban J connectivity index is 2.00. The van der Waals surface area contributed by atoms with Gasteiger partial charge in [0.2, 0.25) is 0 Å². The van der Waals surface area contributed by atoms with Gasteiger partial charge < -0.3 is 24.4 Å². The minimum absolute atomic E-state index is 0.0595. The van der Waals surface area contributed by atoms with Gasteiger partial charge in [-0.05, 0) is 56.4 Å². The van der Waals surface area contributed by atoms with Gasteiger partial charge in [0.1, 0.15) is 0 Å². The molecule has 1 aliphatic rings. The van der Waals surface area contributed by atoms with E-state index in [1.807, 2.05) is 49.3 Å². The van der Waals surface area contributed by atoms with Crippen LogP contribution in [-0.4, -0.2) is 68.0 Å². The summed E-state index contributed by atoms with van der Waals surface area (Å²) in [4.78, 5) is 29.8. The van der Waals surface area contributed by atoms with Gasteiger partial charge in [0.05, 0.1) is 25.8 Å². The fourth-order valence-corrected chi connectivity index (χ4v) is 3.89. The fraction of sp³-hybridized carbons (Fsp3) is 0.308. The zero-order valence-electron chi connectivity index (χ0n) is 19.4. The Morgan fingerprint density at radius 2 is 1.79 bits per heavy atom. The lowest BCUT2D eigenvalue weighted by Crippen LogP contribution is -2.33. The molecule has 1 N–H and O–H groups in total. The molecule has 1 heterocycles. The van der Waals surface area contributed by atoms with Gasteiger partial charge in [-0.2, -0.15) is 0 Å². The van der Waals surface area contributed by atoms with Crippen molar-refractivity contribution < 1.29 is 24.2 Å². The summed E-state index contributed by atoms with van der Waals surface area (Å²) in [5.74, 6) is -0.463. The number of ether oxygens (including phenoxy) is 2. The lowest BCUT2D eigenvalue weighted by atomic mass is 9.95. The number of rotatable bonds is 10. The molecule has 0 bridgehead atoms. The molecule has 0 saturated heterocycles. The van der Waals surface area contributed by atoms with Crippen LogP contribution in [0.1, 0.15) is 23.6 Å². The average molecular weight is 451 g/mol. The summed E-state index contributed by atoms with van der Waals surface area (Å²) in [5.41, 5.74) is 1.57. The lowest BCUT2D eigenvalue weighted by Gasteiger charge is -2.27. The highest BCUT2D eigenvalue weighted by Crippen LogP contribution is 2.41. The van der Waals surface area contributed by atoms with Crippen LogP contribution in [-0.2, 0) is 9.59 Å². The van der Waals surface area contributed by atoms with E-state index < -0.39 is 23.5 Å². The van der Waals surface area contributed by atoms with Crippen molar-refractivity contribution in [3.63, 3.8) is 0 Å². The Morgan fingerprint density at radius 3 is 2.42 bits per heavy atom. The molecule has 1 aliphatic heterocycles. The molecular weight excluding hydrogens is 420 g/mol. The first-order chi connectivity index (χ1) is 15.9. The van der Waals surface area contributed by atoms with Gasteiger partial charge >= 0.3 is 0 Å². The zero-order chi connectivity index (χ0) is 24.0. The van der Waals surface area contributed by atoms with E-state index in [2.05, 4.69) is 0 Å². The number of benzene rings is 2. The molecule has 3 rings (SSSR count). The highest BCUT2D eigenvalue weighted by Gasteiger charge is 2.42. The Kier molecular flexibility index (Phi) is 7.90. The van der Waals surface area contributed by atoms with E-state index in [9.17, 15) is 14.7 Å². The van der Waals surface area contributed by atoms with Crippen LogP contribution in [0, 0.1) is 0 Å². The van der Waals surface area contributed by atoms with E-state index in [4.69, 9.17) is 9.47 Å². The average Bonchev–Trinajstić information content (AvgIpc) is 3.07. The van der Waals surface area contributed by atoms with E-state index in [0.29, 0.717) is 30.0 Å². The molecule has 0 radical (unpaired) electrons. The smallest absolute Gasteiger partial charge is 0.290 e. The van der Waals surface area contributed by atoms with Gasteiger partial charge in [-0.3, -0.25) is 9.59 Å². The Bertz CT molecular complexity index is 1060. The van der Waals surface area contributed by atoms with Crippen LogP contribution in [0.4, 0.5) is 0 Å². The second kappa shape index (κ2) is 10.8. The molecule has 0 aromatic heterocycles. The summed E-state index contributed by atoms with van der Waals surface area (Å²) in [7, 11) is 6.98. The summed E-state index contributed by atoms with van der Waals surface area (Å²) < 4.78 is 10.8. The summed E-state index contributed by atoms with van der Waals surface area (Å²) in [5, 5.41) is 10.7. The van der Waals surface area contributed by atoms with Crippen LogP contribution < -0.4 is 9.47 Å². The van der Waals surface area contributed by atoms with E-state index in [1.165, 1.54) is 13.2 Å². The SMILES string of the molecule is COc1ccc(C2C(C(=O)/C=C/c3ccccc3)=C(O)C(=O)N2CCCN(C)C)cc1OC. The van der Waals surface area contributed by atoms with E-state index in [-0.39, 0.29) is 5.57 Å². The molecule has 7 heteroatoms. The summed E-state index contributed by atoms with van der Waals surface area (Å²) in [6.45, 7) is 1.15. The first-order valence-electron chi connectivity index (χ1n) is 10.8. The van der Waals surface area contributed by atoms with Crippen molar-refractivity contribution in [2.24, 2.45) is 0 Å². The number of aliphatic hydroxyl groups is 1. The quantitative estimate of drug-likeness (QED) is 0.557. The predicted molar refractivity (Wildman–Crippen MR) is 127 cm³/mol. The maximum absolute atomic E-state index is 13.2. The molecule has 2 aromatic carbocycles. The molecule has 0 aliphatic carbocycles. The molecule has 2 aromatic rings. The second-order valence-electron chi connectivity index (χ2n) is 8.04. The summed E-state index contributed by atoms with van der Waals surface area (Å²) in [6, 6.07) is 13.9. The van der Waals surface area contributed by atoms with Gasteiger partial charge in [-0.25, -0.2) is 0 Å². The molecule has 0 saturated carbocycles. The molecule has 1 amide bonds. The first-order valence-corrected chi connectivity index (χ1v) is 10.8. The fourth-order valence-electron chi connectivity index (χ4n) is 3.89. The number of hydrogen-bond acceptors (Lipinski definition) is 6. The Morgan fingerprint density at radius 1 is 1.09 bits per heavy atom. The van der Waals surface area contributed by atoms with Crippen LogP contribution >= 0.6 is 0 Å². The molecule has 33 heavy (non-hydrogen) atoms. The van der Waals surface area contributed by atoms with Crippen molar-refractivity contribution in [2.45, 2.75) is 12.5 Å².